The fourth-order valence-corrected chi connectivity index (χ4v) is 3.36. The number of nitrogens with two attached hydrogens (primary N) is 1. The smallest absolute Gasteiger partial charge is 0.315 e. The molecular formula is C21H21ClN4O2. The molecule has 1 unspecified atom stereocenters. The summed E-state index contributed by atoms with van der Waals surface area (Å²) < 4.78 is 6.93. The van der Waals surface area contributed by atoms with Crippen LogP contribution in [0.4, 0.5) is 5.95 Å². The van der Waals surface area contributed by atoms with Gasteiger partial charge in [-0.1, -0.05) is 60.7 Å². The number of ether oxygens (including phenoxy) is 1. The number of anilines is 1. The SMILES string of the molecule is CCOC(=O)C1CC(c2ccccc2)=Nn2c(N)nc(-c3ccccc3)c21.Cl. The molecule has 0 fully saturated rings. The first kappa shape index (κ1) is 19.6. The number of imidazole rings is 1. The molecule has 1 atom stereocenters. The lowest BCUT2D eigenvalue weighted by Gasteiger charge is -2.23. The van der Waals surface area contributed by atoms with Gasteiger partial charge in [0.15, 0.2) is 0 Å². The Balaban J connectivity index is 0.00000225. The maximum Gasteiger partial charge on any atom is 0.315 e. The van der Waals surface area contributed by atoms with Gasteiger partial charge in [-0.2, -0.15) is 5.10 Å². The number of rotatable bonds is 4. The summed E-state index contributed by atoms with van der Waals surface area (Å²) in [6.07, 6.45) is 0.438. The van der Waals surface area contributed by atoms with Crippen LogP contribution in [0.15, 0.2) is 65.8 Å². The molecule has 0 aliphatic carbocycles. The Labute approximate surface area is 169 Å². The molecule has 0 saturated carbocycles. The summed E-state index contributed by atoms with van der Waals surface area (Å²) in [5, 5.41) is 4.69. The molecule has 0 bridgehead atoms. The van der Waals surface area contributed by atoms with E-state index in [2.05, 4.69) is 4.98 Å². The van der Waals surface area contributed by atoms with Crippen LogP contribution < -0.4 is 5.73 Å². The summed E-state index contributed by atoms with van der Waals surface area (Å²) >= 11 is 0. The molecule has 7 heteroatoms. The summed E-state index contributed by atoms with van der Waals surface area (Å²) in [7, 11) is 0. The number of aromatic nitrogens is 2. The predicted molar refractivity (Wildman–Crippen MR) is 112 cm³/mol. The van der Waals surface area contributed by atoms with Crippen molar-refractivity contribution in [2.75, 3.05) is 12.3 Å². The number of carbonyl (C=O) groups is 1. The molecule has 0 radical (unpaired) electrons. The Bertz CT molecular complexity index is 1000. The van der Waals surface area contributed by atoms with Crippen molar-refractivity contribution in [1.82, 2.24) is 9.66 Å². The molecule has 0 amide bonds. The molecule has 2 N–H and O–H groups in total. The summed E-state index contributed by atoms with van der Waals surface area (Å²) in [6, 6.07) is 19.5. The lowest BCUT2D eigenvalue weighted by Crippen LogP contribution is -2.27. The van der Waals surface area contributed by atoms with E-state index in [1.165, 1.54) is 0 Å². The molecule has 0 saturated heterocycles. The Morgan fingerprint density at radius 2 is 1.71 bits per heavy atom. The van der Waals surface area contributed by atoms with Crippen molar-refractivity contribution in [3.63, 3.8) is 0 Å². The third-order valence-corrected chi connectivity index (χ3v) is 4.59. The van der Waals surface area contributed by atoms with Gasteiger partial charge in [-0.15, -0.1) is 12.4 Å². The summed E-state index contributed by atoms with van der Waals surface area (Å²) in [5.41, 5.74) is 10.1. The van der Waals surface area contributed by atoms with Crippen molar-refractivity contribution in [1.29, 1.82) is 0 Å². The fourth-order valence-electron chi connectivity index (χ4n) is 3.36. The van der Waals surface area contributed by atoms with Crippen LogP contribution >= 0.6 is 12.4 Å². The number of esters is 1. The van der Waals surface area contributed by atoms with Crippen LogP contribution in [0.5, 0.6) is 0 Å². The van der Waals surface area contributed by atoms with E-state index in [1.807, 2.05) is 60.7 Å². The van der Waals surface area contributed by atoms with E-state index in [0.717, 1.165) is 16.8 Å². The van der Waals surface area contributed by atoms with Crippen LogP contribution in [-0.2, 0) is 9.53 Å². The number of nitrogen functional groups attached to an aromatic ring is 1. The predicted octanol–water partition coefficient (Wildman–Crippen LogP) is 3.86. The molecule has 1 aromatic heterocycles. The second kappa shape index (κ2) is 8.27. The third kappa shape index (κ3) is 3.51. The normalized spacial score (nSPS) is 15.2. The van der Waals surface area contributed by atoms with E-state index in [4.69, 9.17) is 15.6 Å². The van der Waals surface area contributed by atoms with E-state index >= 15 is 0 Å². The molecule has 4 rings (SSSR count). The van der Waals surface area contributed by atoms with Crippen molar-refractivity contribution < 1.29 is 9.53 Å². The monoisotopic (exact) mass is 396 g/mol. The zero-order valence-electron chi connectivity index (χ0n) is 15.4. The molecule has 1 aliphatic rings. The van der Waals surface area contributed by atoms with E-state index < -0.39 is 5.92 Å². The summed E-state index contributed by atoms with van der Waals surface area (Å²) in [4.78, 5) is 17.3. The second-order valence-electron chi connectivity index (χ2n) is 6.30. The Hall–Kier alpha value is -3.12. The first-order chi connectivity index (χ1) is 13.2. The highest BCUT2D eigenvalue weighted by Gasteiger charge is 2.35. The number of hydrogen-bond acceptors (Lipinski definition) is 5. The standard InChI is InChI=1S/C21H20N4O2.ClH/c1-2-27-20(26)16-13-17(14-9-5-3-6-10-14)24-25-19(16)18(23-21(25)22)15-11-7-4-8-12-15;/h3-12,16H,2,13H2,1H3,(H2,22,23);1H. The van der Waals surface area contributed by atoms with Gasteiger partial charge in [-0.05, 0) is 12.5 Å². The van der Waals surface area contributed by atoms with Gasteiger partial charge in [0.05, 0.1) is 23.7 Å². The molecule has 28 heavy (non-hydrogen) atoms. The van der Waals surface area contributed by atoms with Crippen molar-refractivity contribution in [3.8, 4) is 11.3 Å². The molecule has 144 valence electrons. The van der Waals surface area contributed by atoms with E-state index in [-0.39, 0.29) is 24.3 Å². The van der Waals surface area contributed by atoms with Crippen LogP contribution in [0.3, 0.4) is 0 Å². The van der Waals surface area contributed by atoms with Crippen molar-refractivity contribution in [2.24, 2.45) is 5.10 Å². The molecule has 6 nitrogen and oxygen atoms in total. The lowest BCUT2D eigenvalue weighted by atomic mass is 9.91. The van der Waals surface area contributed by atoms with Gasteiger partial charge in [0.1, 0.15) is 5.92 Å². The second-order valence-corrected chi connectivity index (χ2v) is 6.30. The van der Waals surface area contributed by atoms with Gasteiger partial charge < -0.3 is 10.5 Å². The summed E-state index contributed by atoms with van der Waals surface area (Å²) in [5.74, 6) is -0.553. The van der Waals surface area contributed by atoms with Crippen molar-refractivity contribution >= 4 is 30.0 Å². The maximum absolute atomic E-state index is 12.8. The number of halogens is 1. The first-order valence-electron chi connectivity index (χ1n) is 8.92. The van der Waals surface area contributed by atoms with Crippen LogP contribution in [-0.4, -0.2) is 27.9 Å². The number of carbonyl (C=O) groups excluding carboxylic acids is 1. The Morgan fingerprint density at radius 1 is 1.11 bits per heavy atom. The maximum atomic E-state index is 12.8. The number of fused-ring (bicyclic) bond motifs is 1. The number of nitrogens with zero attached hydrogens (tertiary/aromatic N) is 3. The molecule has 2 aromatic carbocycles. The molecule has 0 spiro atoms. The number of hydrogen-bond donors (Lipinski definition) is 1. The molecule has 3 aromatic rings. The van der Waals surface area contributed by atoms with Crippen LogP contribution in [0.2, 0.25) is 0 Å². The Morgan fingerprint density at radius 3 is 2.32 bits per heavy atom. The minimum Gasteiger partial charge on any atom is -0.465 e. The van der Waals surface area contributed by atoms with Crippen LogP contribution in [0.25, 0.3) is 11.3 Å². The van der Waals surface area contributed by atoms with Gasteiger partial charge in [-0.25, -0.2) is 9.66 Å². The first-order valence-corrected chi connectivity index (χ1v) is 8.92. The largest absolute Gasteiger partial charge is 0.465 e. The number of benzene rings is 2. The van der Waals surface area contributed by atoms with Gasteiger partial charge in [0, 0.05) is 12.0 Å². The van der Waals surface area contributed by atoms with Gasteiger partial charge in [0.25, 0.3) is 0 Å². The topological polar surface area (TPSA) is 82.5 Å². The van der Waals surface area contributed by atoms with Gasteiger partial charge in [0.2, 0.25) is 5.95 Å². The minimum atomic E-state index is -0.516. The molecular weight excluding hydrogens is 376 g/mol. The summed E-state index contributed by atoms with van der Waals surface area (Å²) in [6.45, 7) is 2.12. The zero-order chi connectivity index (χ0) is 18.8. The zero-order valence-corrected chi connectivity index (χ0v) is 16.2. The highest BCUT2D eigenvalue weighted by Crippen LogP contribution is 2.37. The molecule has 2 heterocycles. The van der Waals surface area contributed by atoms with E-state index in [1.54, 1.807) is 11.6 Å². The average Bonchev–Trinajstić information content (AvgIpc) is 3.05. The van der Waals surface area contributed by atoms with Crippen molar-refractivity contribution in [3.05, 3.63) is 71.9 Å². The minimum absolute atomic E-state index is 0. The highest BCUT2D eigenvalue weighted by molar-refractivity contribution is 6.04. The van der Waals surface area contributed by atoms with E-state index in [9.17, 15) is 4.79 Å². The highest BCUT2D eigenvalue weighted by atomic mass is 35.5. The molecule has 1 aliphatic heterocycles. The lowest BCUT2D eigenvalue weighted by molar-refractivity contribution is -0.145. The van der Waals surface area contributed by atoms with Crippen molar-refractivity contribution in [2.45, 2.75) is 19.3 Å². The third-order valence-electron chi connectivity index (χ3n) is 4.59. The van der Waals surface area contributed by atoms with Crippen LogP contribution in [0, 0.1) is 0 Å². The average molecular weight is 397 g/mol. The van der Waals surface area contributed by atoms with E-state index in [0.29, 0.717) is 24.4 Å². The fraction of sp³-hybridized carbons (Fsp3) is 0.190. The van der Waals surface area contributed by atoms with Gasteiger partial charge >= 0.3 is 5.97 Å². The Kier molecular flexibility index (Phi) is 5.80. The quantitative estimate of drug-likeness (QED) is 0.679. The van der Waals surface area contributed by atoms with Crippen LogP contribution in [0.1, 0.15) is 30.5 Å². The van der Waals surface area contributed by atoms with Gasteiger partial charge in [-0.3, -0.25) is 4.79 Å².